The van der Waals surface area contributed by atoms with Gasteiger partial charge in [-0.3, -0.25) is 9.88 Å². The first-order chi connectivity index (χ1) is 22.1. The summed E-state index contributed by atoms with van der Waals surface area (Å²) in [6, 6.07) is -0.567. The minimum absolute atomic E-state index is 0.195. The molecule has 12 heteroatoms. The van der Waals surface area contributed by atoms with E-state index >= 15 is 0 Å². The lowest BCUT2D eigenvalue weighted by Gasteiger charge is -2.34. The molecule has 0 fully saturated rings. The smallest absolute Gasteiger partial charge is 0.323 e. The summed E-state index contributed by atoms with van der Waals surface area (Å²) in [4.78, 5) is 25.4. The van der Waals surface area contributed by atoms with Crippen LogP contribution in [0.15, 0.2) is 12.7 Å². The third-order valence-corrected chi connectivity index (χ3v) is 12.3. The highest BCUT2D eigenvalue weighted by Gasteiger charge is 2.33. The van der Waals surface area contributed by atoms with Gasteiger partial charge in [-0.2, -0.15) is 0 Å². The van der Waals surface area contributed by atoms with Crippen LogP contribution in [0.5, 0.6) is 0 Å². The molecule has 3 N–H and O–H groups in total. The summed E-state index contributed by atoms with van der Waals surface area (Å²) >= 11 is 6.28. The van der Waals surface area contributed by atoms with Gasteiger partial charge in [0.15, 0.2) is 11.5 Å². The zero-order chi connectivity index (χ0) is 33.8. The first-order valence-electron chi connectivity index (χ1n) is 17.8. The van der Waals surface area contributed by atoms with Crippen molar-refractivity contribution in [2.75, 3.05) is 18.7 Å². The second-order valence-corrected chi connectivity index (χ2v) is 17.5. The summed E-state index contributed by atoms with van der Waals surface area (Å²) in [5, 5.41) is 3.45. The molecular weight excluding hydrogens is 619 g/mol. The third-order valence-electron chi connectivity index (χ3n) is 8.17. The van der Waals surface area contributed by atoms with E-state index in [0.29, 0.717) is 30.1 Å². The molecule has 0 aliphatic rings. The number of anilines is 1. The van der Waals surface area contributed by atoms with Gasteiger partial charge in [0.25, 0.3) is 0 Å². The zero-order valence-corrected chi connectivity index (χ0v) is 31.3. The fourth-order valence-electron chi connectivity index (χ4n) is 5.57. The number of nitrogens with zero attached hydrogens (tertiary/aromatic N) is 4. The molecule has 4 atom stereocenters. The molecule has 264 valence electrons. The fourth-order valence-corrected chi connectivity index (χ4v) is 9.43. The minimum atomic E-state index is -2.50. The Balaban J connectivity index is 1.83. The Morgan fingerprint density at radius 3 is 2.04 bits per heavy atom. The van der Waals surface area contributed by atoms with Crippen molar-refractivity contribution >= 4 is 40.9 Å². The molecule has 0 saturated carbocycles. The summed E-state index contributed by atoms with van der Waals surface area (Å²) in [5.41, 5.74) is 7.18. The van der Waals surface area contributed by atoms with Crippen molar-refractivity contribution in [1.29, 1.82) is 0 Å². The molecule has 2 aromatic rings. The average molecular weight is 683 g/mol. The summed E-state index contributed by atoms with van der Waals surface area (Å²) in [6.07, 6.45) is 19.7. The Morgan fingerprint density at radius 2 is 1.48 bits per heavy atom. The standard InChI is InChI=1S/C34H63N6O4PS/c1-7-9-10-11-12-13-14-15-16-17-18-19-20-21-22-42-30(8-2)45(46,39-29(6)34(41)44-27(3)4)26-43-28(5)23-40-25-38-31-32(35)36-24-37-33(31)40/h24-25,27-30H,7-23,26H2,1-6H3,(H,39,46)(H2,35,36,37)/t28?,29-,30?,45?/m0/s1. The number of ether oxygens (including phenoxy) is 3. The van der Waals surface area contributed by atoms with E-state index in [1.807, 2.05) is 25.3 Å². The molecule has 10 nitrogen and oxygen atoms in total. The van der Waals surface area contributed by atoms with E-state index in [-0.39, 0.29) is 30.4 Å². The number of esters is 1. The second-order valence-electron chi connectivity index (χ2n) is 12.9. The van der Waals surface area contributed by atoms with E-state index < -0.39 is 12.2 Å². The lowest BCUT2D eigenvalue weighted by molar-refractivity contribution is -0.148. The average Bonchev–Trinajstić information content (AvgIpc) is 3.43. The number of carbonyl (C=O) groups excluding carboxylic acids is 1. The second kappa shape index (κ2) is 22.8. The third kappa shape index (κ3) is 15.1. The number of aromatic nitrogens is 4. The van der Waals surface area contributed by atoms with Gasteiger partial charge in [-0.1, -0.05) is 109 Å². The fraction of sp³-hybridized carbons (Fsp3) is 0.824. The molecule has 0 amide bonds. The van der Waals surface area contributed by atoms with Crippen molar-refractivity contribution in [2.24, 2.45) is 0 Å². The molecule has 2 aromatic heterocycles. The number of nitrogens with two attached hydrogens (primary N) is 1. The van der Waals surface area contributed by atoms with Gasteiger partial charge in [0, 0.05) is 6.61 Å². The maximum Gasteiger partial charge on any atom is 0.323 e. The van der Waals surface area contributed by atoms with E-state index in [2.05, 4.69) is 33.9 Å². The van der Waals surface area contributed by atoms with E-state index in [4.69, 9.17) is 31.8 Å². The van der Waals surface area contributed by atoms with Crippen LogP contribution in [0.3, 0.4) is 0 Å². The summed E-state index contributed by atoms with van der Waals surface area (Å²) in [5.74, 6) is -0.185. The van der Waals surface area contributed by atoms with E-state index in [0.717, 1.165) is 19.3 Å². The number of nitrogens with one attached hydrogen (secondary N) is 1. The molecule has 0 aliphatic carbocycles. The van der Waals surface area contributed by atoms with E-state index in [9.17, 15) is 4.79 Å². The maximum atomic E-state index is 12.7. The highest BCUT2D eigenvalue weighted by molar-refractivity contribution is 8.13. The topological polar surface area (TPSA) is 126 Å². The first kappa shape index (κ1) is 40.5. The Kier molecular flexibility index (Phi) is 20.1. The summed E-state index contributed by atoms with van der Waals surface area (Å²) in [7, 11) is 0. The molecule has 3 unspecified atom stereocenters. The number of hydrogen-bond donors (Lipinski definition) is 2. The number of imidazole rings is 1. The highest BCUT2D eigenvalue weighted by atomic mass is 32.4. The van der Waals surface area contributed by atoms with E-state index in [1.165, 1.54) is 83.4 Å². The monoisotopic (exact) mass is 682 g/mol. The predicted octanol–water partition coefficient (Wildman–Crippen LogP) is 8.33. The van der Waals surface area contributed by atoms with Crippen molar-refractivity contribution in [3.8, 4) is 0 Å². The summed E-state index contributed by atoms with van der Waals surface area (Å²) in [6.45, 7) is 13.0. The van der Waals surface area contributed by atoms with Crippen molar-refractivity contribution in [3.05, 3.63) is 12.7 Å². The van der Waals surface area contributed by atoms with Crippen LogP contribution in [-0.2, 0) is 37.4 Å². The molecule has 0 aromatic carbocycles. The Labute approximate surface area is 283 Å². The normalized spacial score (nSPS) is 15.2. The van der Waals surface area contributed by atoms with Crippen LogP contribution in [0.2, 0.25) is 0 Å². The van der Waals surface area contributed by atoms with Crippen LogP contribution in [0.25, 0.3) is 11.2 Å². The van der Waals surface area contributed by atoms with Crippen LogP contribution >= 0.6 is 6.19 Å². The molecule has 2 heterocycles. The Morgan fingerprint density at radius 1 is 0.891 bits per heavy atom. The molecule has 0 saturated heterocycles. The predicted molar refractivity (Wildman–Crippen MR) is 194 cm³/mol. The van der Waals surface area contributed by atoms with Gasteiger partial charge in [-0.15, -0.1) is 0 Å². The van der Waals surface area contributed by atoms with Crippen molar-refractivity contribution in [2.45, 2.75) is 168 Å². The van der Waals surface area contributed by atoms with Gasteiger partial charge < -0.3 is 24.5 Å². The number of rotatable bonds is 27. The van der Waals surface area contributed by atoms with E-state index in [1.54, 1.807) is 13.3 Å². The minimum Gasteiger partial charge on any atom is -0.462 e. The van der Waals surface area contributed by atoms with Gasteiger partial charge in [0.2, 0.25) is 0 Å². The lowest BCUT2D eigenvalue weighted by Crippen LogP contribution is -2.39. The van der Waals surface area contributed by atoms with Crippen LogP contribution in [-0.4, -0.2) is 62.5 Å². The number of fused-ring (bicyclic) bond motifs is 1. The first-order valence-corrected chi connectivity index (χ1v) is 20.9. The van der Waals surface area contributed by atoms with Crippen molar-refractivity contribution in [1.82, 2.24) is 24.6 Å². The van der Waals surface area contributed by atoms with Crippen LogP contribution in [0.1, 0.15) is 138 Å². The Hall–Kier alpha value is -1.65. The van der Waals surface area contributed by atoms with Gasteiger partial charge in [-0.25, -0.2) is 15.0 Å². The van der Waals surface area contributed by atoms with Gasteiger partial charge in [0.1, 0.15) is 23.7 Å². The zero-order valence-electron chi connectivity index (χ0n) is 29.5. The molecular formula is C34H63N6O4PS. The van der Waals surface area contributed by atoms with Gasteiger partial charge in [0.05, 0.1) is 37.6 Å². The maximum absolute atomic E-state index is 12.7. The van der Waals surface area contributed by atoms with Crippen LogP contribution in [0, 0.1) is 0 Å². The molecule has 0 bridgehead atoms. The molecule has 0 aliphatic heterocycles. The molecule has 46 heavy (non-hydrogen) atoms. The van der Waals surface area contributed by atoms with Crippen LogP contribution < -0.4 is 10.8 Å². The molecule has 2 rings (SSSR count). The number of unbranched alkanes of at least 4 members (excludes halogenated alkanes) is 13. The lowest BCUT2D eigenvalue weighted by atomic mass is 10.0. The SMILES string of the molecule is CCCCCCCCCCCCCCCCOC(CC)P(=S)(COC(C)Cn1cnc2c(N)ncnc21)N[C@@H](C)C(=O)OC(C)C. The number of nitrogen functional groups attached to an aromatic ring is 1. The van der Waals surface area contributed by atoms with Gasteiger partial charge in [-0.05, 0) is 40.5 Å². The quantitative estimate of drug-likeness (QED) is 0.0539. The van der Waals surface area contributed by atoms with Crippen LogP contribution in [0.4, 0.5) is 5.82 Å². The summed E-state index contributed by atoms with van der Waals surface area (Å²) < 4.78 is 20.2. The van der Waals surface area contributed by atoms with Crippen molar-refractivity contribution in [3.63, 3.8) is 0 Å². The Bertz CT molecular complexity index is 1170. The largest absolute Gasteiger partial charge is 0.462 e. The van der Waals surface area contributed by atoms with Crippen molar-refractivity contribution < 1.29 is 19.0 Å². The molecule has 0 spiro atoms. The highest BCUT2D eigenvalue weighted by Crippen LogP contribution is 2.50. The number of carbonyl (C=O) groups is 1. The van der Waals surface area contributed by atoms with Gasteiger partial charge >= 0.3 is 5.97 Å². The molecule has 0 radical (unpaired) electrons. The number of hydrogen-bond acceptors (Lipinski definition) is 9.